The average molecular weight is 248 g/mol. The van der Waals surface area contributed by atoms with Crippen LogP contribution in [-0.4, -0.2) is 41.2 Å². The third-order valence-electron chi connectivity index (χ3n) is 2.49. The van der Waals surface area contributed by atoms with Crippen molar-refractivity contribution in [1.82, 2.24) is 5.32 Å². The van der Waals surface area contributed by atoms with Gasteiger partial charge in [-0.25, -0.2) is 0 Å². The molecule has 96 valence electrons. The van der Waals surface area contributed by atoms with E-state index >= 15 is 0 Å². The Morgan fingerprint density at radius 1 is 1.50 bits per heavy atom. The fraction of sp³-hybridized carbons (Fsp3) is 0.909. The van der Waals surface area contributed by atoms with E-state index in [0.29, 0.717) is 6.42 Å². The first-order chi connectivity index (χ1) is 7.51. The number of aliphatic hydroxyl groups is 1. The van der Waals surface area contributed by atoms with Crippen molar-refractivity contribution in [3.63, 3.8) is 0 Å². The van der Waals surface area contributed by atoms with Crippen molar-refractivity contribution >= 4 is 17.7 Å². The Hall–Kier alpha value is -0.260. The number of thioether (sulfide) groups is 1. The van der Waals surface area contributed by atoms with Gasteiger partial charge in [0.25, 0.3) is 0 Å². The summed E-state index contributed by atoms with van der Waals surface area (Å²) < 4.78 is 0. The predicted octanol–water partition coefficient (Wildman–Crippen LogP) is 0.732. The molecule has 0 aromatic rings. The van der Waals surface area contributed by atoms with Crippen LogP contribution in [0.1, 0.15) is 33.1 Å². The maximum Gasteiger partial charge on any atom is 0.220 e. The van der Waals surface area contributed by atoms with Crippen molar-refractivity contribution in [3.8, 4) is 0 Å². The lowest BCUT2D eigenvalue weighted by Gasteiger charge is -2.21. The van der Waals surface area contributed by atoms with E-state index in [1.807, 2.05) is 20.1 Å². The van der Waals surface area contributed by atoms with Gasteiger partial charge >= 0.3 is 0 Å². The lowest BCUT2D eigenvalue weighted by atomic mass is 10.1. The van der Waals surface area contributed by atoms with Gasteiger partial charge in [0.05, 0.1) is 6.61 Å². The zero-order chi connectivity index (χ0) is 12.6. The summed E-state index contributed by atoms with van der Waals surface area (Å²) in [7, 11) is 0. The summed E-state index contributed by atoms with van der Waals surface area (Å²) in [6.07, 6.45) is 4.13. The van der Waals surface area contributed by atoms with Crippen LogP contribution >= 0.6 is 11.8 Å². The number of nitrogens with two attached hydrogens (primary N) is 1. The number of hydrogen-bond donors (Lipinski definition) is 3. The van der Waals surface area contributed by atoms with Crippen molar-refractivity contribution in [2.75, 3.05) is 12.9 Å². The van der Waals surface area contributed by atoms with Crippen LogP contribution in [0.2, 0.25) is 0 Å². The van der Waals surface area contributed by atoms with E-state index in [1.54, 1.807) is 11.8 Å². The highest BCUT2D eigenvalue weighted by Gasteiger charge is 2.16. The van der Waals surface area contributed by atoms with E-state index in [-0.39, 0.29) is 29.8 Å². The molecule has 1 amide bonds. The molecule has 3 unspecified atom stereocenters. The van der Waals surface area contributed by atoms with E-state index in [2.05, 4.69) is 5.32 Å². The second-order valence-corrected chi connectivity index (χ2v) is 5.26. The maximum atomic E-state index is 11.5. The molecule has 0 heterocycles. The van der Waals surface area contributed by atoms with Gasteiger partial charge in [0.1, 0.15) is 0 Å². The molecule has 0 bridgehead atoms. The number of carbonyl (C=O) groups is 1. The molecule has 5 heteroatoms. The summed E-state index contributed by atoms with van der Waals surface area (Å²) in [4.78, 5) is 11.5. The molecular formula is C11H24N2O2S. The molecule has 0 radical (unpaired) electrons. The summed E-state index contributed by atoms with van der Waals surface area (Å²) in [5, 5.41) is 12.0. The fourth-order valence-corrected chi connectivity index (χ4v) is 2.07. The van der Waals surface area contributed by atoms with Gasteiger partial charge in [-0.2, -0.15) is 11.8 Å². The highest BCUT2D eigenvalue weighted by atomic mass is 32.2. The van der Waals surface area contributed by atoms with Crippen LogP contribution in [0.25, 0.3) is 0 Å². The molecule has 0 fully saturated rings. The summed E-state index contributed by atoms with van der Waals surface area (Å²) in [5.74, 6) is 0.0423. The Labute approximate surface area is 102 Å². The Balaban J connectivity index is 3.77. The highest BCUT2D eigenvalue weighted by Crippen LogP contribution is 2.10. The van der Waals surface area contributed by atoms with Crippen LogP contribution in [0.3, 0.4) is 0 Å². The van der Waals surface area contributed by atoms with E-state index in [4.69, 9.17) is 10.8 Å². The molecule has 0 aliphatic heterocycles. The summed E-state index contributed by atoms with van der Waals surface area (Å²) in [6.45, 7) is 3.94. The minimum Gasteiger partial charge on any atom is -0.395 e. The van der Waals surface area contributed by atoms with Gasteiger partial charge in [-0.3, -0.25) is 4.79 Å². The van der Waals surface area contributed by atoms with E-state index in [1.165, 1.54) is 0 Å². The van der Waals surface area contributed by atoms with E-state index in [9.17, 15) is 4.79 Å². The predicted molar refractivity (Wildman–Crippen MR) is 69.5 cm³/mol. The standard InChI is InChI=1S/C11H24N2O2S/c1-8(12)5-4-6-11(15)13-9(2)10(7-14)16-3/h8-10,14H,4-7,12H2,1-3H3,(H,13,15). The van der Waals surface area contributed by atoms with Gasteiger partial charge < -0.3 is 16.2 Å². The molecule has 0 spiro atoms. The molecule has 0 rings (SSSR count). The number of carbonyl (C=O) groups excluding carboxylic acids is 1. The zero-order valence-corrected chi connectivity index (χ0v) is 11.2. The van der Waals surface area contributed by atoms with Crippen molar-refractivity contribution in [2.24, 2.45) is 5.73 Å². The normalized spacial score (nSPS) is 16.6. The fourth-order valence-electron chi connectivity index (χ4n) is 1.44. The monoisotopic (exact) mass is 248 g/mol. The SMILES string of the molecule is CSC(CO)C(C)NC(=O)CCCC(C)N. The first-order valence-corrected chi connectivity index (χ1v) is 6.98. The Morgan fingerprint density at radius 3 is 2.56 bits per heavy atom. The largest absolute Gasteiger partial charge is 0.395 e. The van der Waals surface area contributed by atoms with Crippen molar-refractivity contribution in [1.29, 1.82) is 0 Å². The van der Waals surface area contributed by atoms with E-state index < -0.39 is 0 Å². The molecule has 0 aliphatic carbocycles. The molecule has 0 aliphatic rings. The first kappa shape index (κ1) is 15.7. The van der Waals surface area contributed by atoms with Gasteiger partial charge in [0, 0.05) is 23.8 Å². The van der Waals surface area contributed by atoms with Crippen LogP contribution in [0.15, 0.2) is 0 Å². The molecule has 0 saturated heterocycles. The third kappa shape index (κ3) is 7.09. The van der Waals surface area contributed by atoms with Gasteiger partial charge in [-0.05, 0) is 32.9 Å². The molecule has 4 N–H and O–H groups in total. The second-order valence-electron chi connectivity index (χ2n) is 4.18. The van der Waals surface area contributed by atoms with Crippen LogP contribution in [-0.2, 0) is 4.79 Å². The summed E-state index contributed by atoms with van der Waals surface area (Å²) in [6, 6.07) is 0.157. The van der Waals surface area contributed by atoms with Crippen LogP contribution in [0.5, 0.6) is 0 Å². The van der Waals surface area contributed by atoms with Crippen molar-refractivity contribution in [3.05, 3.63) is 0 Å². The van der Waals surface area contributed by atoms with Crippen LogP contribution in [0.4, 0.5) is 0 Å². The molecule has 0 aromatic heterocycles. The van der Waals surface area contributed by atoms with Gasteiger partial charge in [-0.1, -0.05) is 0 Å². The lowest BCUT2D eigenvalue weighted by Crippen LogP contribution is -2.41. The number of hydrogen-bond acceptors (Lipinski definition) is 4. The number of aliphatic hydroxyl groups excluding tert-OH is 1. The minimum absolute atomic E-state index is 0.00259. The molecule has 0 saturated carbocycles. The van der Waals surface area contributed by atoms with Crippen molar-refractivity contribution < 1.29 is 9.90 Å². The minimum atomic E-state index is 0.00259. The molecule has 4 nitrogen and oxygen atoms in total. The first-order valence-electron chi connectivity index (χ1n) is 5.69. The molecular weight excluding hydrogens is 224 g/mol. The molecule has 0 aromatic carbocycles. The number of nitrogens with one attached hydrogen (secondary N) is 1. The van der Waals surface area contributed by atoms with E-state index in [0.717, 1.165) is 12.8 Å². The molecule has 3 atom stereocenters. The second kappa shape index (κ2) is 8.84. The third-order valence-corrected chi connectivity index (χ3v) is 3.66. The number of amides is 1. The van der Waals surface area contributed by atoms with Gasteiger partial charge in [0.15, 0.2) is 0 Å². The highest BCUT2D eigenvalue weighted by molar-refractivity contribution is 7.99. The lowest BCUT2D eigenvalue weighted by molar-refractivity contribution is -0.121. The maximum absolute atomic E-state index is 11.5. The zero-order valence-electron chi connectivity index (χ0n) is 10.4. The Morgan fingerprint density at radius 2 is 2.12 bits per heavy atom. The number of rotatable bonds is 8. The summed E-state index contributed by atoms with van der Waals surface area (Å²) in [5.41, 5.74) is 5.60. The van der Waals surface area contributed by atoms with Gasteiger partial charge in [0.2, 0.25) is 5.91 Å². The Kier molecular flexibility index (Phi) is 8.70. The van der Waals surface area contributed by atoms with Gasteiger partial charge in [-0.15, -0.1) is 0 Å². The summed E-state index contributed by atoms with van der Waals surface area (Å²) >= 11 is 1.56. The van der Waals surface area contributed by atoms with Crippen LogP contribution in [0, 0.1) is 0 Å². The Bertz CT molecular complexity index is 196. The smallest absolute Gasteiger partial charge is 0.220 e. The average Bonchev–Trinajstić information content (AvgIpc) is 2.18. The molecule has 16 heavy (non-hydrogen) atoms. The topological polar surface area (TPSA) is 75.3 Å². The van der Waals surface area contributed by atoms with Crippen LogP contribution < -0.4 is 11.1 Å². The quantitative estimate of drug-likeness (QED) is 0.592. The van der Waals surface area contributed by atoms with Crippen molar-refractivity contribution in [2.45, 2.75) is 50.4 Å².